The molecule has 0 N–H and O–H groups in total. The first-order valence-electron chi connectivity index (χ1n) is 16.7. The zero-order valence-corrected chi connectivity index (χ0v) is 28.5. The summed E-state index contributed by atoms with van der Waals surface area (Å²) in [5, 5.41) is 0. The summed E-state index contributed by atoms with van der Waals surface area (Å²) in [6.45, 7) is 11.6. The number of unbranched alkanes of at least 4 members (excludes halogenated alkanes) is 2. The van der Waals surface area contributed by atoms with Crippen LogP contribution in [-0.4, -0.2) is 48.2 Å². The number of carbonyl (C=O) groups excluding carboxylic acids is 3. The number of hydrogen-bond donors (Lipinski definition) is 0. The standard InChI is InChI=1S/C38H53O8/c1-7-9-21-32-38(24-10-8-2,46-36(41)37(4,5)6)35(44-26-30-19-15-12-16-20-30)34(43-25-29-17-13-11-14-18-29)31(45-32)27-42-33(40)23-22-28(3)39/h11-20,31,34-35H,7-10,21-27H2,1-6H3/t31-,34-,35+,38+/m1/s1. The van der Waals surface area contributed by atoms with Crippen LogP contribution in [0.4, 0.5) is 0 Å². The molecule has 8 nitrogen and oxygen atoms in total. The lowest BCUT2D eigenvalue weighted by molar-refractivity contribution is -0.277. The monoisotopic (exact) mass is 637 g/mol. The Morgan fingerprint density at radius 3 is 1.96 bits per heavy atom. The van der Waals surface area contributed by atoms with Crippen LogP contribution in [-0.2, 0) is 51.3 Å². The molecule has 0 aromatic heterocycles. The summed E-state index contributed by atoms with van der Waals surface area (Å²) in [6.07, 6.45) is 2.81. The number of esters is 2. The quantitative estimate of drug-likeness (QED) is 0.153. The summed E-state index contributed by atoms with van der Waals surface area (Å²) < 4.78 is 32.6. The number of benzene rings is 2. The highest BCUT2D eigenvalue weighted by molar-refractivity contribution is 5.81. The van der Waals surface area contributed by atoms with Crippen molar-refractivity contribution >= 4 is 17.7 Å². The summed E-state index contributed by atoms with van der Waals surface area (Å²) >= 11 is 0. The Balaban J connectivity index is 2.11. The normalized spacial score (nSPS) is 21.9. The average molecular weight is 638 g/mol. The van der Waals surface area contributed by atoms with Gasteiger partial charge in [0.2, 0.25) is 0 Å². The Morgan fingerprint density at radius 1 is 0.826 bits per heavy atom. The Morgan fingerprint density at radius 2 is 1.41 bits per heavy atom. The smallest absolute Gasteiger partial charge is 0.311 e. The van der Waals surface area contributed by atoms with E-state index in [1.54, 1.807) is 0 Å². The van der Waals surface area contributed by atoms with Gasteiger partial charge in [0, 0.05) is 6.42 Å². The summed E-state index contributed by atoms with van der Waals surface area (Å²) in [4.78, 5) is 37.9. The minimum absolute atomic E-state index is 0.0123. The van der Waals surface area contributed by atoms with Gasteiger partial charge < -0.3 is 28.5 Å². The molecule has 1 fully saturated rings. The molecule has 3 rings (SSSR count). The second-order valence-corrected chi connectivity index (χ2v) is 13.2. The third kappa shape index (κ3) is 11.0. The number of Topliss-reactive ketones (excluding diaryl/α,β-unsaturated/α-hetero) is 1. The van der Waals surface area contributed by atoms with Gasteiger partial charge in [0.15, 0.2) is 5.60 Å². The van der Waals surface area contributed by atoms with E-state index in [9.17, 15) is 14.4 Å². The fraction of sp³-hybridized carbons (Fsp3) is 0.579. The third-order valence-electron chi connectivity index (χ3n) is 8.08. The van der Waals surface area contributed by atoms with Gasteiger partial charge in [0.1, 0.15) is 36.8 Å². The molecular weight excluding hydrogens is 584 g/mol. The maximum absolute atomic E-state index is 13.8. The zero-order valence-electron chi connectivity index (χ0n) is 28.5. The van der Waals surface area contributed by atoms with E-state index >= 15 is 0 Å². The average Bonchev–Trinajstić information content (AvgIpc) is 3.04. The third-order valence-corrected chi connectivity index (χ3v) is 8.08. The van der Waals surface area contributed by atoms with Crippen LogP contribution in [0.1, 0.15) is 104 Å². The van der Waals surface area contributed by atoms with Gasteiger partial charge in [0.25, 0.3) is 0 Å². The van der Waals surface area contributed by atoms with Crippen LogP contribution in [0.2, 0.25) is 0 Å². The highest BCUT2D eigenvalue weighted by Crippen LogP contribution is 2.47. The highest BCUT2D eigenvalue weighted by atomic mass is 16.6. The maximum Gasteiger partial charge on any atom is 0.311 e. The van der Waals surface area contributed by atoms with Crippen molar-refractivity contribution in [1.29, 1.82) is 0 Å². The lowest BCUT2D eigenvalue weighted by Crippen LogP contribution is -2.66. The zero-order chi connectivity index (χ0) is 33.6. The van der Waals surface area contributed by atoms with Crippen LogP contribution in [0.25, 0.3) is 0 Å². The first-order chi connectivity index (χ1) is 22.0. The van der Waals surface area contributed by atoms with E-state index in [0.29, 0.717) is 18.9 Å². The van der Waals surface area contributed by atoms with E-state index in [1.165, 1.54) is 6.92 Å². The van der Waals surface area contributed by atoms with Crippen LogP contribution in [0.5, 0.6) is 0 Å². The first-order valence-corrected chi connectivity index (χ1v) is 16.7. The van der Waals surface area contributed by atoms with Crippen LogP contribution >= 0.6 is 0 Å². The van der Waals surface area contributed by atoms with Gasteiger partial charge in [-0.2, -0.15) is 0 Å². The molecule has 2 aromatic carbocycles. The number of carbonyl (C=O) groups is 3. The maximum atomic E-state index is 13.8. The number of rotatable bonds is 18. The largest absolute Gasteiger partial charge is 0.463 e. The van der Waals surface area contributed by atoms with Gasteiger partial charge >= 0.3 is 11.9 Å². The SMILES string of the molecule is CCCC[C]1O[C@H](COC(=O)CCC(C)=O)[C@@H](OCc2ccccc2)[C@H](OCc2ccccc2)[C@@]1(CCCC)OC(=O)C(C)(C)C. The van der Waals surface area contributed by atoms with Crippen molar-refractivity contribution in [2.75, 3.05) is 6.61 Å². The summed E-state index contributed by atoms with van der Waals surface area (Å²) in [6, 6.07) is 19.6. The van der Waals surface area contributed by atoms with E-state index in [2.05, 4.69) is 13.8 Å². The Labute approximate surface area is 275 Å². The Bertz CT molecular complexity index is 1210. The lowest BCUT2D eigenvalue weighted by Gasteiger charge is -2.53. The van der Waals surface area contributed by atoms with E-state index in [4.69, 9.17) is 23.7 Å². The van der Waals surface area contributed by atoms with Gasteiger partial charge in [-0.1, -0.05) is 93.8 Å². The fourth-order valence-electron chi connectivity index (χ4n) is 5.39. The van der Waals surface area contributed by atoms with Crippen molar-refractivity contribution in [3.05, 3.63) is 77.9 Å². The molecule has 0 amide bonds. The molecule has 0 bridgehead atoms. The van der Waals surface area contributed by atoms with E-state index in [1.807, 2.05) is 81.4 Å². The predicted octanol–water partition coefficient (Wildman–Crippen LogP) is 7.71. The van der Waals surface area contributed by atoms with Gasteiger partial charge in [-0.15, -0.1) is 0 Å². The molecule has 46 heavy (non-hydrogen) atoms. The minimum atomic E-state index is -1.24. The molecule has 4 atom stereocenters. The Kier molecular flexibility index (Phi) is 14.9. The minimum Gasteiger partial charge on any atom is -0.463 e. The second-order valence-electron chi connectivity index (χ2n) is 13.2. The first kappa shape index (κ1) is 37.4. The van der Waals surface area contributed by atoms with Gasteiger partial charge in [-0.25, -0.2) is 0 Å². The number of hydrogen-bond acceptors (Lipinski definition) is 8. The molecule has 0 unspecified atom stereocenters. The van der Waals surface area contributed by atoms with Gasteiger partial charge in [-0.05, 0) is 58.1 Å². The van der Waals surface area contributed by atoms with Crippen molar-refractivity contribution in [2.45, 2.75) is 130 Å². The molecule has 2 aromatic rings. The molecule has 1 aliphatic heterocycles. The molecular formula is C38H53O8. The van der Waals surface area contributed by atoms with Crippen molar-refractivity contribution in [3.63, 3.8) is 0 Å². The molecule has 1 heterocycles. The summed E-state index contributed by atoms with van der Waals surface area (Å²) in [7, 11) is 0. The van der Waals surface area contributed by atoms with Gasteiger partial charge in [0.05, 0.1) is 25.0 Å². The lowest BCUT2D eigenvalue weighted by atomic mass is 9.76. The van der Waals surface area contributed by atoms with E-state index in [0.717, 1.165) is 36.8 Å². The molecule has 0 spiro atoms. The van der Waals surface area contributed by atoms with Crippen molar-refractivity contribution in [1.82, 2.24) is 0 Å². The number of ketones is 1. The molecule has 0 aliphatic carbocycles. The predicted molar refractivity (Wildman–Crippen MR) is 176 cm³/mol. The molecule has 253 valence electrons. The van der Waals surface area contributed by atoms with Gasteiger partial charge in [-0.3, -0.25) is 9.59 Å². The van der Waals surface area contributed by atoms with Crippen LogP contribution in [0.3, 0.4) is 0 Å². The second kappa shape index (κ2) is 18.3. The summed E-state index contributed by atoms with van der Waals surface area (Å²) in [5.41, 5.74) is -0.0959. The molecule has 8 heteroatoms. The van der Waals surface area contributed by atoms with Crippen LogP contribution < -0.4 is 0 Å². The molecule has 1 radical (unpaired) electrons. The Hall–Kier alpha value is -3.07. The summed E-state index contributed by atoms with van der Waals surface area (Å²) in [5.74, 6) is -0.925. The van der Waals surface area contributed by atoms with Crippen molar-refractivity contribution < 1.29 is 38.1 Å². The van der Waals surface area contributed by atoms with E-state index in [-0.39, 0.29) is 44.4 Å². The topological polar surface area (TPSA) is 97.4 Å². The van der Waals surface area contributed by atoms with E-state index < -0.39 is 35.3 Å². The van der Waals surface area contributed by atoms with Crippen LogP contribution in [0, 0.1) is 11.5 Å². The fourth-order valence-corrected chi connectivity index (χ4v) is 5.39. The van der Waals surface area contributed by atoms with Crippen LogP contribution in [0.15, 0.2) is 60.7 Å². The van der Waals surface area contributed by atoms with Crippen molar-refractivity contribution in [3.8, 4) is 0 Å². The number of ether oxygens (including phenoxy) is 5. The highest BCUT2D eigenvalue weighted by Gasteiger charge is 2.61. The molecule has 1 aliphatic rings. The molecule has 1 saturated heterocycles. The van der Waals surface area contributed by atoms with Crippen molar-refractivity contribution in [2.24, 2.45) is 5.41 Å². The molecule has 0 saturated carbocycles.